The Hall–Kier alpha value is -3.93. The highest BCUT2D eigenvalue weighted by Gasteiger charge is 2.46. The fraction of sp³-hybridized carbons (Fsp3) is 0.250. The van der Waals surface area contributed by atoms with Crippen LogP contribution in [0.15, 0.2) is 72.6 Å². The summed E-state index contributed by atoms with van der Waals surface area (Å²) in [5.74, 6) is -0.798. The molecule has 1 fully saturated rings. The predicted octanol–water partition coefficient (Wildman–Crippen LogP) is 5.11. The Kier molecular flexibility index (Phi) is 6.77. The number of aryl methyl sites for hydroxylation is 2. The van der Waals surface area contributed by atoms with E-state index in [0.717, 1.165) is 34.4 Å². The average molecular weight is 457 g/mol. The number of ether oxygens (including phenoxy) is 1. The molecule has 2 aromatic carbocycles. The Morgan fingerprint density at radius 2 is 1.85 bits per heavy atom. The van der Waals surface area contributed by atoms with E-state index >= 15 is 0 Å². The molecular weight excluding hydrogens is 428 g/mol. The number of aliphatic hydroxyl groups excluding tert-OH is 1. The minimum Gasteiger partial charge on any atom is -0.507 e. The maximum Gasteiger partial charge on any atom is 0.295 e. The van der Waals surface area contributed by atoms with E-state index < -0.39 is 17.7 Å². The van der Waals surface area contributed by atoms with E-state index in [2.05, 4.69) is 4.98 Å². The number of carbonyl (C=O) groups excluding carboxylic acids is 2. The van der Waals surface area contributed by atoms with Crippen molar-refractivity contribution >= 4 is 17.4 Å². The molecule has 1 aromatic heterocycles. The van der Waals surface area contributed by atoms with Crippen LogP contribution in [0.2, 0.25) is 0 Å². The third kappa shape index (κ3) is 4.44. The Labute approximate surface area is 199 Å². The van der Waals surface area contributed by atoms with Gasteiger partial charge < -0.3 is 14.7 Å². The highest BCUT2D eigenvalue weighted by Crippen LogP contribution is 2.41. The Bertz CT molecular complexity index is 1250. The van der Waals surface area contributed by atoms with E-state index in [9.17, 15) is 14.7 Å². The molecule has 0 bridgehead atoms. The van der Waals surface area contributed by atoms with Gasteiger partial charge in [0, 0.05) is 24.5 Å². The van der Waals surface area contributed by atoms with Gasteiger partial charge in [0.2, 0.25) is 0 Å². The SMILES string of the molecule is CCCOc1ccc(/C(O)=C2\C(=O)C(=O)N(Cc3cccnc3)C2c2ccccc2C)cc1C. The standard InChI is InChI=1S/C28H28N2O4/c1-4-14-34-23-12-11-21(15-19(23)3)26(31)24-25(22-10-6-5-8-18(22)2)30(28(33)27(24)32)17-20-9-7-13-29-16-20/h5-13,15-16,25,31H,4,14,17H2,1-3H3/b26-24+. The topological polar surface area (TPSA) is 79.7 Å². The summed E-state index contributed by atoms with van der Waals surface area (Å²) in [6, 6.07) is 15.8. The van der Waals surface area contributed by atoms with E-state index in [1.165, 1.54) is 4.90 Å². The van der Waals surface area contributed by atoms with Crippen molar-refractivity contribution in [2.75, 3.05) is 6.61 Å². The monoisotopic (exact) mass is 456 g/mol. The van der Waals surface area contributed by atoms with E-state index in [4.69, 9.17) is 4.74 Å². The lowest BCUT2D eigenvalue weighted by Crippen LogP contribution is -2.29. The molecule has 1 aliphatic heterocycles. The minimum atomic E-state index is -0.710. The fourth-order valence-electron chi connectivity index (χ4n) is 4.27. The fourth-order valence-corrected chi connectivity index (χ4v) is 4.27. The van der Waals surface area contributed by atoms with Crippen LogP contribution in [0.25, 0.3) is 5.76 Å². The lowest BCUT2D eigenvalue weighted by molar-refractivity contribution is -0.140. The van der Waals surface area contributed by atoms with Crippen molar-refractivity contribution in [3.8, 4) is 5.75 Å². The second kappa shape index (κ2) is 9.91. The molecule has 0 radical (unpaired) electrons. The molecule has 6 nitrogen and oxygen atoms in total. The molecule has 3 aromatic rings. The number of aliphatic hydroxyl groups is 1. The van der Waals surface area contributed by atoms with Crippen LogP contribution in [0.3, 0.4) is 0 Å². The first-order valence-electron chi connectivity index (χ1n) is 11.4. The van der Waals surface area contributed by atoms with Crippen LogP contribution in [-0.2, 0) is 16.1 Å². The highest BCUT2D eigenvalue weighted by atomic mass is 16.5. The summed E-state index contributed by atoms with van der Waals surface area (Å²) in [5.41, 5.74) is 3.93. The molecule has 0 saturated carbocycles. The van der Waals surface area contributed by atoms with Gasteiger partial charge in [0.15, 0.2) is 0 Å². The Morgan fingerprint density at radius 1 is 1.06 bits per heavy atom. The average Bonchev–Trinajstić information content (AvgIpc) is 3.08. The number of hydrogen-bond donors (Lipinski definition) is 1. The lowest BCUT2D eigenvalue weighted by atomic mass is 9.92. The summed E-state index contributed by atoms with van der Waals surface area (Å²) in [6.45, 7) is 6.66. The molecule has 1 unspecified atom stereocenters. The quantitative estimate of drug-likeness (QED) is 0.304. The number of nitrogens with zero attached hydrogens (tertiary/aromatic N) is 2. The van der Waals surface area contributed by atoms with Crippen molar-refractivity contribution in [2.45, 2.75) is 39.8 Å². The van der Waals surface area contributed by atoms with Crippen LogP contribution in [0.5, 0.6) is 5.75 Å². The first kappa shape index (κ1) is 23.2. The van der Waals surface area contributed by atoms with Crippen LogP contribution in [0.1, 0.15) is 47.2 Å². The van der Waals surface area contributed by atoms with Crippen molar-refractivity contribution in [1.29, 1.82) is 0 Å². The summed E-state index contributed by atoms with van der Waals surface area (Å²) >= 11 is 0. The molecule has 174 valence electrons. The van der Waals surface area contributed by atoms with Gasteiger partial charge >= 0.3 is 0 Å². The Morgan fingerprint density at radius 3 is 2.53 bits per heavy atom. The van der Waals surface area contributed by atoms with Gasteiger partial charge in [-0.2, -0.15) is 0 Å². The molecule has 6 heteroatoms. The molecule has 0 spiro atoms. The summed E-state index contributed by atoms with van der Waals surface area (Å²) in [4.78, 5) is 32.1. The smallest absolute Gasteiger partial charge is 0.295 e. The number of carbonyl (C=O) groups is 2. The number of likely N-dealkylation sites (tertiary alicyclic amines) is 1. The zero-order valence-corrected chi connectivity index (χ0v) is 19.6. The molecular formula is C28H28N2O4. The maximum absolute atomic E-state index is 13.3. The maximum atomic E-state index is 13.3. The van der Waals surface area contributed by atoms with Gasteiger partial charge in [-0.1, -0.05) is 37.3 Å². The van der Waals surface area contributed by atoms with Crippen molar-refractivity contribution in [3.63, 3.8) is 0 Å². The van der Waals surface area contributed by atoms with E-state index in [0.29, 0.717) is 12.2 Å². The van der Waals surface area contributed by atoms with Crippen molar-refractivity contribution < 1.29 is 19.4 Å². The zero-order chi connectivity index (χ0) is 24.2. The number of hydrogen-bond acceptors (Lipinski definition) is 5. The van der Waals surface area contributed by atoms with Crippen LogP contribution < -0.4 is 4.74 Å². The van der Waals surface area contributed by atoms with Crippen molar-refractivity contribution in [3.05, 3.63) is 100 Å². The van der Waals surface area contributed by atoms with Crippen LogP contribution in [0, 0.1) is 13.8 Å². The summed E-state index contributed by atoms with van der Waals surface area (Å²) in [6.07, 6.45) is 4.22. The third-order valence-corrected chi connectivity index (χ3v) is 6.01. The van der Waals surface area contributed by atoms with Gasteiger partial charge in [-0.3, -0.25) is 14.6 Å². The molecule has 1 N–H and O–H groups in total. The van der Waals surface area contributed by atoms with E-state index in [1.54, 1.807) is 36.7 Å². The van der Waals surface area contributed by atoms with Gasteiger partial charge in [0.05, 0.1) is 18.2 Å². The lowest BCUT2D eigenvalue weighted by Gasteiger charge is -2.26. The summed E-state index contributed by atoms with van der Waals surface area (Å²) in [5, 5.41) is 11.3. The largest absolute Gasteiger partial charge is 0.507 e. The van der Waals surface area contributed by atoms with Crippen molar-refractivity contribution in [2.24, 2.45) is 0 Å². The van der Waals surface area contributed by atoms with Gasteiger partial charge in [0.25, 0.3) is 11.7 Å². The predicted molar refractivity (Wildman–Crippen MR) is 130 cm³/mol. The van der Waals surface area contributed by atoms with E-state index in [-0.39, 0.29) is 17.9 Å². The molecule has 4 rings (SSSR count). The van der Waals surface area contributed by atoms with Crippen LogP contribution in [-0.4, -0.2) is 33.3 Å². The van der Waals surface area contributed by atoms with E-state index in [1.807, 2.05) is 51.1 Å². The zero-order valence-electron chi connectivity index (χ0n) is 19.6. The van der Waals surface area contributed by atoms with Gasteiger partial charge in [0.1, 0.15) is 11.5 Å². The first-order valence-corrected chi connectivity index (χ1v) is 11.4. The van der Waals surface area contributed by atoms with Crippen LogP contribution >= 0.6 is 0 Å². The number of pyridine rings is 1. The van der Waals surface area contributed by atoms with Gasteiger partial charge in [-0.25, -0.2) is 0 Å². The Balaban J connectivity index is 1.83. The highest BCUT2D eigenvalue weighted by molar-refractivity contribution is 6.46. The third-order valence-electron chi connectivity index (χ3n) is 6.01. The second-order valence-electron chi connectivity index (χ2n) is 8.47. The first-order chi connectivity index (χ1) is 16.4. The number of aromatic nitrogens is 1. The van der Waals surface area contributed by atoms with Gasteiger partial charge in [-0.05, 0) is 66.8 Å². The molecule has 2 heterocycles. The minimum absolute atomic E-state index is 0.0878. The number of rotatable bonds is 7. The van der Waals surface area contributed by atoms with Crippen LogP contribution in [0.4, 0.5) is 0 Å². The second-order valence-corrected chi connectivity index (χ2v) is 8.47. The number of ketones is 1. The molecule has 1 atom stereocenters. The molecule has 0 aliphatic carbocycles. The molecule has 1 saturated heterocycles. The summed E-state index contributed by atoms with van der Waals surface area (Å²) < 4.78 is 5.74. The number of benzene rings is 2. The van der Waals surface area contributed by atoms with Crippen molar-refractivity contribution in [1.82, 2.24) is 9.88 Å². The number of amides is 1. The van der Waals surface area contributed by atoms with Gasteiger partial charge in [-0.15, -0.1) is 0 Å². The summed E-state index contributed by atoms with van der Waals surface area (Å²) in [7, 11) is 0. The molecule has 1 aliphatic rings. The normalized spacial score (nSPS) is 17.3. The number of Topliss-reactive ketones (excluding diaryl/α,β-unsaturated/α-hetero) is 1. The molecule has 1 amide bonds. The molecule has 34 heavy (non-hydrogen) atoms.